The highest BCUT2D eigenvalue weighted by Gasteiger charge is 2.09. The highest BCUT2D eigenvalue weighted by Crippen LogP contribution is 2.25. The van der Waals surface area contributed by atoms with Gasteiger partial charge < -0.3 is 5.32 Å². The Hall–Kier alpha value is -1.69. The molecule has 0 fully saturated rings. The smallest absolute Gasteiger partial charge is 0.101 e. The number of nitrogens with zero attached hydrogens (tertiary/aromatic N) is 1. The maximum Gasteiger partial charge on any atom is 0.101 e. The second kappa shape index (κ2) is 5.97. The summed E-state index contributed by atoms with van der Waals surface area (Å²) in [5, 5.41) is 13.7. The number of nitriles is 1. The molecule has 96 valence electrons. The van der Waals surface area contributed by atoms with Gasteiger partial charge in [0.05, 0.1) is 11.3 Å². The van der Waals surface area contributed by atoms with Gasteiger partial charge in [0, 0.05) is 16.1 Å². The standard InChI is InChI=1S/C15H12Cl2N2/c1-10(11-2-5-13(16)6-3-11)19-15-8-14(17)7-4-12(15)9-18/h2-8,10,19H,1H3. The van der Waals surface area contributed by atoms with Crippen LogP contribution in [0.25, 0.3) is 0 Å². The van der Waals surface area contributed by atoms with Crippen LogP contribution in [0.15, 0.2) is 42.5 Å². The first kappa shape index (κ1) is 13.7. The van der Waals surface area contributed by atoms with Gasteiger partial charge in [0.2, 0.25) is 0 Å². The van der Waals surface area contributed by atoms with Crippen LogP contribution < -0.4 is 5.32 Å². The zero-order chi connectivity index (χ0) is 13.8. The first-order valence-corrected chi connectivity index (χ1v) is 6.57. The monoisotopic (exact) mass is 290 g/mol. The molecule has 2 aromatic rings. The van der Waals surface area contributed by atoms with Crippen LogP contribution in [0.5, 0.6) is 0 Å². The summed E-state index contributed by atoms with van der Waals surface area (Å²) in [6.07, 6.45) is 0. The van der Waals surface area contributed by atoms with Gasteiger partial charge in [0.15, 0.2) is 0 Å². The van der Waals surface area contributed by atoms with Crippen molar-refractivity contribution in [2.45, 2.75) is 13.0 Å². The number of hydrogen-bond acceptors (Lipinski definition) is 2. The molecule has 2 aromatic carbocycles. The average Bonchev–Trinajstić information content (AvgIpc) is 2.39. The zero-order valence-corrected chi connectivity index (χ0v) is 11.8. The summed E-state index contributed by atoms with van der Waals surface area (Å²) in [6.45, 7) is 2.02. The van der Waals surface area contributed by atoms with Crippen molar-refractivity contribution >= 4 is 28.9 Å². The van der Waals surface area contributed by atoms with E-state index in [-0.39, 0.29) is 6.04 Å². The average molecular weight is 291 g/mol. The summed E-state index contributed by atoms with van der Waals surface area (Å²) < 4.78 is 0. The summed E-state index contributed by atoms with van der Waals surface area (Å²) >= 11 is 11.8. The lowest BCUT2D eigenvalue weighted by atomic mass is 10.1. The fraction of sp³-hybridized carbons (Fsp3) is 0.133. The molecule has 0 aliphatic heterocycles. The quantitative estimate of drug-likeness (QED) is 0.860. The minimum absolute atomic E-state index is 0.0582. The molecule has 0 bridgehead atoms. The van der Waals surface area contributed by atoms with Crippen molar-refractivity contribution in [3.8, 4) is 6.07 Å². The molecule has 0 aliphatic rings. The lowest BCUT2D eigenvalue weighted by Gasteiger charge is -2.17. The van der Waals surface area contributed by atoms with Crippen molar-refractivity contribution in [3.05, 3.63) is 63.6 Å². The van der Waals surface area contributed by atoms with Gasteiger partial charge in [-0.1, -0.05) is 35.3 Å². The first-order chi connectivity index (χ1) is 9.10. The number of halogens is 2. The van der Waals surface area contributed by atoms with E-state index in [0.717, 1.165) is 11.3 Å². The van der Waals surface area contributed by atoms with E-state index in [2.05, 4.69) is 11.4 Å². The molecule has 19 heavy (non-hydrogen) atoms. The first-order valence-electron chi connectivity index (χ1n) is 5.82. The Morgan fingerprint density at radius 3 is 2.32 bits per heavy atom. The Morgan fingerprint density at radius 1 is 1.05 bits per heavy atom. The van der Waals surface area contributed by atoms with Gasteiger partial charge in [-0.05, 0) is 42.8 Å². The minimum atomic E-state index is 0.0582. The van der Waals surface area contributed by atoms with Gasteiger partial charge in [0.1, 0.15) is 6.07 Å². The van der Waals surface area contributed by atoms with Gasteiger partial charge in [-0.3, -0.25) is 0 Å². The fourth-order valence-corrected chi connectivity index (χ4v) is 2.10. The van der Waals surface area contributed by atoms with Crippen LogP contribution in [-0.4, -0.2) is 0 Å². The van der Waals surface area contributed by atoms with E-state index < -0.39 is 0 Å². The number of nitrogens with one attached hydrogen (secondary N) is 1. The van der Waals surface area contributed by atoms with Crippen molar-refractivity contribution in [2.24, 2.45) is 0 Å². The Bertz CT molecular complexity index is 615. The molecule has 0 saturated heterocycles. The molecule has 0 aliphatic carbocycles. The van der Waals surface area contributed by atoms with Gasteiger partial charge >= 0.3 is 0 Å². The van der Waals surface area contributed by atoms with Crippen LogP contribution in [-0.2, 0) is 0 Å². The Kier molecular flexibility index (Phi) is 4.31. The van der Waals surface area contributed by atoms with E-state index in [1.54, 1.807) is 18.2 Å². The van der Waals surface area contributed by atoms with Crippen molar-refractivity contribution < 1.29 is 0 Å². The second-order valence-electron chi connectivity index (χ2n) is 4.22. The van der Waals surface area contributed by atoms with E-state index >= 15 is 0 Å². The Labute approximate surface area is 122 Å². The molecule has 2 nitrogen and oxygen atoms in total. The number of anilines is 1. The molecule has 0 radical (unpaired) electrons. The van der Waals surface area contributed by atoms with Crippen LogP contribution in [0.2, 0.25) is 10.0 Å². The lowest BCUT2D eigenvalue weighted by Crippen LogP contribution is -2.07. The topological polar surface area (TPSA) is 35.8 Å². The predicted molar refractivity (Wildman–Crippen MR) is 79.7 cm³/mol. The van der Waals surface area contributed by atoms with E-state index in [0.29, 0.717) is 15.6 Å². The van der Waals surface area contributed by atoms with Gasteiger partial charge in [0.25, 0.3) is 0 Å². The summed E-state index contributed by atoms with van der Waals surface area (Å²) in [7, 11) is 0. The van der Waals surface area contributed by atoms with Gasteiger partial charge in [-0.15, -0.1) is 0 Å². The van der Waals surface area contributed by atoms with Crippen LogP contribution in [0.4, 0.5) is 5.69 Å². The van der Waals surface area contributed by atoms with Crippen molar-refractivity contribution in [3.63, 3.8) is 0 Å². The maximum absolute atomic E-state index is 9.08. The molecule has 0 amide bonds. The SMILES string of the molecule is CC(Nc1cc(Cl)ccc1C#N)c1ccc(Cl)cc1. The minimum Gasteiger partial charge on any atom is -0.377 e. The van der Waals surface area contributed by atoms with Gasteiger partial charge in [-0.2, -0.15) is 5.26 Å². The molecular weight excluding hydrogens is 279 g/mol. The summed E-state index contributed by atoms with van der Waals surface area (Å²) in [5.74, 6) is 0. The third-order valence-corrected chi connectivity index (χ3v) is 3.33. The second-order valence-corrected chi connectivity index (χ2v) is 5.09. The van der Waals surface area contributed by atoms with Crippen LogP contribution in [0.3, 0.4) is 0 Å². The molecule has 0 saturated carbocycles. The number of benzene rings is 2. The van der Waals surface area contributed by atoms with Crippen molar-refractivity contribution in [2.75, 3.05) is 5.32 Å². The fourth-order valence-electron chi connectivity index (χ4n) is 1.80. The summed E-state index contributed by atoms with van der Waals surface area (Å²) in [6, 6.07) is 15.0. The lowest BCUT2D eigenvalue weighted by molar-refractivity contribution is 0.884. The van der Waals surface area contributed by atoms with Crippen molar-refractivity contribution in [1.29, 1.82) is 5.26 Å². The normalized spacial score (nSPS) is 11.7. The third-order valence-electron chi connectivity index (χ3n) is 2.84. The predicted octanol–water partition coefficient (Wildman–Crippen LogP) is 5.04. The maximum atomic E-state index is 9.08. The number of hydrogen-bond donors (Lipinski definition) is 1. The largest absolute Gasteiger partial charge is 0.377 e. The van der Waals surface area contributed by atoms with E-state index in [1.165, 1.54) is 0 Å². The summed E-state index contributed by atoms with van der Waals surface area (Å²) in [5.41, 5.74) is 2.40. The molecule has 0 spiro atoms. The Balaban J connectivity index is 2.23. The summed E-state index contributed by atoms with van der Waals surface area (Å²) in [4.78, 5) is 0. The molecule has 1 N–H and O–H groups in total. The Morgan fingerprint density at radius 2 is 1.68 bits per heavy atom. The molecule has 4 heteroatoms. The molecule has 1 atom stereocenters. The van der Waals surface area contributed by atoms with E-state index in [1.807, 2.05) is 31.2 Å². The third kappa shape index (κ3) is 3.41. The zero-order valence-electron chi connectivity index (χ0n) is 10.3. The number of rotatable bonds is 3. The van der Waals surface area contributed by atoms with E-state index in [9.17, 15) is 0 Å². The molecule has 2 rings (SSSR count). The molecular formula is C15H12Cl2N2. The molecule has 0 aromatic heterocycles. The highest BCUT2D eigenvalue weighted by molar-refractivity contribution is 6.31. The molecule has 1 unspecified atom stereocenters. The van der Waals surface area contributed by atoms with Crippen LogP contribution >= 0.6 is 23.2 Å². The van der Waals surface area contributed by atoms with E-state index in [4.69, 9.17) is 28.5 Å². The van der Waals surface area contributed by atoms with Crippen molar-refractivity contribution in [1.82, 2.24) is 0 Å². The van der Waals surface area contributed by atoms with Gasteiger partial charge in [-0.25, -0.2) is 0 Å². The van der Waals surface area contributed by atoms with Crippen LogP contribution in [0, 0.1) is 11.3 Å². The van der Waals surface area contributed by atoms with Crippen LogP contribution in [0.1, 0.15) is 24.1 Å². The molecule has 0 heterocycles. The highest BCUT2D eigenvalue weighted by atomic mass is 35.5.